The van der Waals surface area contributed by atoms with E-state index >= 15 is 0 Å². The van der Waals surface area contributed by atoms with Crippen molar-refractivity contribution in [1.82, 2.24) is 14.7 Å². The monoisotopic (exact) mass is 237 g/mol. The van der Waals surface area contributed by atoms with Crippen LogP contribution in [-0.2, 0) is 7.05 Å². The van der Waals surface area contributed by atoms with Crippen LogP contribution in [0.1, 0.15) is 42.4 Å². The second-order valence-electron chi connectivity index (χ2n) is 4.93. The van der Waals surface area contributed by atoms with Crippen molar-refractivity contribution in [2.45, 2.75) is 32.3 Å². The van der Waals surface area contributed by atoms with E-state index in [0.29, 0.717) is 31.1 Å². The number of amides is 1. The molecule has 1 aliphatic heterocycles. The summed E-state index contributed by atoms with van der Waals surface area (Å²) >= 11 is 0. The fourth-order valence-electron chi connectivity index (χ4n) is 2.21. The standard InChI is InChI=1S/C12H19N3O2/c1-8(2)11-6-10(13-14(11)3)12(17)15-5-4-9(16)7-15/h6,8-9,16H,4-5,7H2,1-3H3/t9-/m1/s1. The number of aryl methyl sites for hydroxylation is 1. The van der Waals surface area contributed by atoms with Crippen molar-refractivity contribution in [3.63, 3.8) is 0 Å². The molecule has 2 heterocycles. The van der Waals surface area contributed by atoms with Gasteiger partial charge in [-0.05, 0) is 18.4 Å². The molecular formula is C12H19N3O2. The Morgan fingerprint density at radius 2 is 2.29 bits per heavy atom. The molecule has 1 aromatic rings. The molecule has 2 rings (SSSR count). The SMILES string of the molecule is CC(C)c1cc(C(=O)N2CC[C@@H](O)C2)nn1C. The maximum absolute atomic E-state index is 12.1. The van der Waals surface area contributed by atoms with Gasteiger partial charge in [0.25, 0.3) is 5.91 Å². The summed E-state index contributed by atoms with van der Waals surface area (Å²) < 4.78 is 1.75. The lowest BCUT2D eigenvalue weighted by molar-refractivity contribution is 0.0758. The molecule has 1 atom stereocenters. The molecular weight excluding hydrogens is 218 g/mol. The van der Waals surface area contributed by atoms with Gasteiger partial charge in [-0.25, -0.2) is 0 Å². The molecule has 1 saturated heterocycles. The Hall–Kier alpha value is -1.36. The molecule has 94 valence electrons. The first-order valence-electron chi connectivity index (χ1n) is 6.00. The van der Waals surface area contributed by atoms with Gasteiger partial charge < -0.3 is 10.0 Å². The summed E-state index contributed by atoms with van der Waals surface area (Å²) in [5.41, 5.74) is 1.53. The first-order chi connectivity index (χ1) is 7.99. The Morgan fingerprint density at radius 3 is 2.76 bits per heavy atom. The van der Waals surface area contributed by atoms with Crippen molar-refractivity contribution in [3.05, 3.63) is 17.5 Å². The lowest BCUT2D eigenvalue weighted by Crippen LogP contribution is -2.29. The second kappa shape index (κ2) is 4.49. The highest BCUT2D eigenvalue weighted by atomic mass is 16.3. The molecule has 0 aliphatic carbocycles. The number of aliphatic hydroxyl groups is 1. The highest BCUT2D eigenvalue weighted by Gasteiger charge is 2.27. The van der Waals surface area contributed by atoms with E-state index in [1.54, 1.807) is 9.58 Å². The largest absolute Gasteiger partial charge is 0.391 e. The van der Waals surface area contributed by atoms with E-state index in [-0.39, 0.29) is 12.0 Å². The minimum absolute atomic E-state index is 0.0796. The van der Waals surface area contributed by atoms with Crippen LogP contribution in [0.2, 0.25) is 0 Å². The predicted octanol–water partition coefficient (Wildman–Crippen LogP) is 0.750. The van der Waals surface area contributed by atoms with E-state index in [9.17, 15) is 9.90 Å². The maximum atomic E-state index is 12.1. The van der Waals surface area contributed by atoms with E-state index in [1.165, 1.54) is 0 Å². The molecule has 1 fully saturated rings. The number of hydrogen-bond acceptors (Lipinski definition) is 3. The number of carbonyl (C=O) groups is 1. The van der Waals surface area contributed by atoms with Gasteiger partial charge >= 0.3 is 0 Å². The van der Waals surface area contributed by atoms with Gasteiger partial charge in [0.05, 0.1) is 6.10 Å². The average molecular weight is 237 g/mol. The van der Waals surface area contributed by atoms with Crippen LogP contribution in [0.5, 0.6) is 0 Å². The summed E-state index contributed by atoms with van der Waals surface area (Å²) in [6.45, 7) is 5.19. The molecule has 0 bridgehead atoms. The minimum Gasteiger partial charge on any atom is -0.391 e. The lowest BCUT2D eigenvalue weighted by atomic mass is 10.1. The molecule has 0 aromatic carbocycles. The smallest absolute Gasteiger partial charge is 0.274 e. The zero-order chi connectivity index (χ0) is 12.6. The van der Waals surface area contributed by atoms with Crippen LogP contribution in [0.25, 0.3) is 0 Å². The van der Waals surface area contributed by atoms with Crippen LogP contribution < -0.4 is 0 Å². The summed E-state index contributed by atoms with van der Waals surface area (Å²) in [5, 5.41) is 13.7. The Bertz CT molecular complexity index is 425. The van der Waals surface area contributed by atoms with Crippen LogP contribution in [-0.4, -0.2) is 44.9 Å². The summed E-state index contributed by atoms with van der Waals surface area (Å²) in [5.74, 6) is 0.266. The number of rotatable bonds is 2. The first-order valence-corrected chi connectivity index (χ1v) is 6.00. The van der Waals surface area contributed by atoms with E-state index in [1.807, 2.05) is 13.1 Å². The Balaban J connectivity index is 2.17. The summed E-state index contributed by atoms with van der Waals surface area (Å²) in [4.78, 5) is 13.8. The van der Waals surface area contributed by atoms with Crippen molar-refractivity contribution < 1.29 is 9.90 Å². The van der Waals surface area contributed by atoms with E-state index in [4.69, 9.17) is 0 Å². The Kier molecular flexibility index (Phi) is 3.19. The Morgan fingerprint density at radius 1 is 1.59 bits per heavy atom. The van der Waals surface area contributed by atoms with Crippen molar-refractivity contribution in [1.29, 1.82) is 0 Å². The van der Waals surface area contributed by atoms with Gasteiger partial charge in [0, 0.05) is 25.8 Å². The predicted molar refractivity (Wildman–Crippen MR) is 63.8 cm³/mol. The topological polar surface area (TPSA) is 58.4 Å². The van der Waals surface area contributed by atoms with Crippen molar-refractivity contribution in [2.24, 2.45) is 7.05 Å². The third-order valence-electron chi connectivity index (χ3n) is 3.18. The van der Waals surface area contributed by atoms with Gasteiger partial charge in [-0.2, -0.15) is 5.10 Å². The van der Waals surface area contributed by atoms with Crippen molar-refractivity contribution in [2.75, 3.05) is 13.1 Å². The molecule has 1 amide bonds. The van der Waals surface area contributed by atoms with Crippen LogP contribution in [0, 0.1) is 0 Å². The molecule has 0 saturated carbocycles. The molecule has 0 spiro atoms. The maximum Gasteiger partial charge on any atom is 0.274 e. The number of carbonyl (C=O) groups excluding carboxylic acids is 1. The van der Waals surface area contributed by atoms with E-state index in [0.717, 1.165) is 5.69 Å². The quantitative estimate of drug-likeness (QED) is 0.825. The van der Waals surface area contributed by atoms with Gasteiger partial charge in [-0.1, -0.05) is 13.8 Å². The molecule has 1 aliphatic rings. The molecule has 1 aromatic heterocycles. The zero-order valence-electron chi connectivity index (χ0n) is 10.6. The number of nitrogens with zero attached hydrogens (tertiary/aromatic N) is 3. The lowest BCUT2D eigenvalue weighted by Gasteiger charge is -2.13. The number of likely N-dealkylation sites (tertiary alicyclic amines) is 1. The van der Waals surface area contributed by atoms with Crippen molar-refractivity contribution in [3.8, 4) is 0 Å². The number of hydrogen-bond donors (Lipinski definition) is 1. The fraction of sp³-hybridized carbons (Fsp3) is 0.667. The third kappa shape index (κ3) is 2.34. The third-order valence-corrected chi connectivity index (χ3v) is 3.18. The van der Waals surface area contributed by atoms with Gasteiger partial charge in [-0.3, -0.25) is 9.48 Å². The normalized spacial score (nSPS) is 20.3. The zero-order valence-corrected chi connectivity index (χ0v) is 10.6. The minimum atomic E-state index is -0.382. The highest BCUT2D eigenvalue weighted by Crippen LogP contribution is 2.17. The fourth-order valence-corrected chi connectivity index (χ4v) is 2.21. The first kappa shape index (κ1) is 12.1. The number of aromatic nitrogens is 2. The average Bonchev–Trinajstić information content (AvgIpc) is 2.83. The summed E-state index contributed by atoms with van der Waals surface area (Å²) in [7, 11) is 1.85. The number of β-amino-alcohol motifs (C(OH)–C–C–N with tert-alkyl or cyclic N) is 1. The van der Waals surface area contributed by atoms with Gasteiger partial charge in [-0.15, -0.1) is 0 Å². The molecule has 1 N–H and O–H groups in total. The molecule has 5 heteroatoms. The molecule has 5 nitrogen and oxygen atoms in total. The van der Waals surface area contributed by atoms with Crippen molar-refractivity contribution >= 4 is 5.91 Å². The molecule has 0 unspecified atom stereocenters. The van der Waals surface area contributed by atoms with Crippen LogP contribution in [0.15, 0.2) is 6.07 Å². The van der Waals surface area contributed by atoms with Gasteiger partial charge in [0.15, 0.2) is 5.69 Å². The number of aliphatic hydroxyl groups excluding tert-OH is 1. The summed E-state index contributed by atoms with van der Waals surface area (Å²) in [6.07, 6.45) is 0.280. The van der Waals surface area contributed by atoms with E-state index in [2.05, 4.69) is 18.9 Å². The highest BCUT2D eigenvalue weighted by molar-refractivity contribution is 5.92. The van der Waals surface area contributed by atoms with Crippen LogP contribution in [0.3, 0.4) is 0 Å². The molecule has 17 heavy (non-hydrogen) atoms. The van der Waals surface area contributed by atoms with Gasteiger partial charge in [0.1, 0.15) is 0 Å². The van der Waals surface area contributed by atoms with Crippen LogP contribution >= 0.6 is 0 Å². The summed E-state index contributed by atoms with van der Waals surface area (Å²) in [6, 6.07) is 1.84. The second-order valence-corrected chi connectivity index (χ2v) is 4.93. The van der Waals surface area contributed by atoms with E-state index < -0.39 is 0 Å². The Labute approximate surface area is 101 Å². The molecule has 0 radical (unpaired) electrons. The van der Waals surface area contributed by atoms with Gasteiger partial charge in [0.2, 0.25) is 0 Å². The van der Waals surface area contributed by atoms with Crippen LogP contribution in [0.4, 0.5) is 0 Å².